The molecule has 35 heavy (non-hydrogen) atoms. The number of thioether (sulfide) groups is 1. The topological polar surface area (TPSA) is 86.8 Å². The normalized spacial score (nSPS) is 13.9. The first kappa shape index (κ1) is 23.5. The van der Waals surface area contributed by atoms with Crippen molar-refractivity contribution in [2.24, 2.45) is 0 Å². The summed E-state index contributed by atoms with van der Waals surface area (Å²) in [6, 6.07) is 20.5. The molecule has 0 aliphatic carbocycles. The van der Waals surface area contributed by atoms with Gasteiger partial charge in [0.2, 0.25) is 11.8 Å². The van der Waals surface area contributed by atoms with E-state index in [0.29, 0.717) is 5.82 Å². The first-order chi connectivity index (χ1) is 17.4. The van der Waals surface area contributed by atoms with Crippen LogP contribution in [0.2, 0.25) is 0 Å². The van der Waals surface area contributed by atoms with E-state index in [9.17, 15) is 0 Å². The van der Waals surface area contributed by atoms with Crippen molar-refractivity contribution in [1.29, 1.82) is 0 Å². The Kier molecular flexibility index (Phi) is 8.02. The van der Waals surface area contributed by atoms with Gasteiger partial charge in [0.1, 0.15) is 0 Å². The number of rotatable bonds is 11. The maximum absolute atomic E-state index is 5.53. The summed E-state index contributed by atoms with van der Waals surface area (Å²) in [5, 5.41) is 22.9. The summed E-state index contributed by atoms with van der Waals surface area (Å²) >= 11 is 1.78. The summed E-state index contributed by atoms with van der Waals surface area (Å²) in [6.07, 6.45) is 3.20. The molecule has 0 saturated carbocycles. The minimum atomic E-state index is 0.676. The van der Waals surface area contributed by atoms with Crippen LogP contribution in [0.4, 0.5) is 5.95 Å². The highest BCUT2D eigenvalue weighted by molar-refractivity contribution is 7.99. The van der Waals surface area contributed by atoms with Crippen LogP contribution in [-0.2, 0) is 17.8 Å². The largest absolute Gasteiger partial charge is 0.378 e. The van der Waals surface area contributed by atoms with Gasteiger partial charge in [-0.2, -0.15) is 4.80 Å². The molecule has 0 atom stereocenters. The second-order valence-electron chi connectivity index (χ2n) is 8.44. The van der Waals surface area contributed by atoms with Crippen LogP contribution >= 0.6 is 11.8 Å². The van der Waals surface area contributed by atoms with Crippen molar-refractivity contribution in [3.05, 3.63) is 66.2 Å². The zero-order valence-corrected chi connectivity index (χ0v) is 20.6. The molecule has 3 heterocycles. The zero-order valence-electron chi connectivity index (χ0n) is 19.7. The Morgan fingerprint density at radius 2 is 1.60 bits per heavy atom. The van der Waals surface area contributed by atoms with Gasteiger partial charge in [-0.1, -0.05) is 78.8 Å². The van der Waals surface area contributed by atoms with Crippen molar-refractivity contribution in [2.75, 3.05) is 37.0 Å². The fourth-order valence-electron chi connectivity index (χ4n) is 4.03. The third kappa shape index (κ3) is 6.26. The number of nitrogens with zero attached hydrogens (tertiary/aromatic N) is 8. The predicted octanol–water partition coefficient (Wildman–Crippen LogP) is 3.78. The number of tetrazole rings is 1. The maximum Gasteiger partial charge on any atom is 0.228 e. The van der Waals surface area contributed by atoms with Gasteiger partial charge in [-0.3, -0.25) is 4.57 Å². The Balaban J connectivity index is 1.12. The molecule has 2 aromatic carbocycles. The van der Waals surface area contributed by atoms with Gasteiger partial charge in [-0.25, -0.2) is 0 Å². The highest BCUT2D eigenvalue weighted by Gasteiger charge is 2.20. The van der Waals surface area contributed by atoms with Gasteiger partial charge < -0.3 is 9.64 Å². The van der Waals surface area contributed by atoms with E-state index in [1.165, 1.54) is 5.56 Å². The number of morpholine rings is 1. The number of unbranched alkanes of at least 4 members (excludes halogenated alkanes) is 2. The van der Waals surface area contributed by atoms with Crippen LogP contribution in [0.3, 0.4) is 0 Å². The molecule has 0 spiro atoms. The molecule has 1 aliphatic heterocycles. The minimum Gasteiger partial charge on any atom is -0.378 e. The highest BCUT2D eigenvalue weighted by Crippen LogP contribution is 2.25. The van der Waals surface area contributed by atoms with Crippen LogP contribution in [0, 0.1) is 0 Å². The van der Waals surface area contributed by atoms with Crippen molar-refractivity contribution in [3.63, 3.8) is 0 Å². The number of ether oxygens (including phenoxy) is 1. The predicted molar refractivity (Wildman–Crippen MR) is 136 cm³/mol. The molecular formula is C25H30N8OS. The molecule has 5 rings (SSSR count). The molecule has 4 aromatic rings. The van der Waals surface area contributed by atoms with Gasteiger partial charge in [0.25, 0.3) is 0 Å². The molecule has 0 radical (unpaired) electrons. The number of benzene rings is 2. The SMILES string of the molecule is c1ccc(Cn2c(SCCCCCn3nnc(-c4ccccc4)n3)nnc2N2CCOCC2)cc1. The van der Waals surface area contributed by atoms with Gasteiger partial charge in [-0.05, 0) is 23.6 Å². The average Bonchev–Trinajstić information content (AvgIpc) is 3.55. The summed E-state index contributed by atoms with van der Waals surface area (Å²) in [5.74, 6) is 2.61. The molecule has 9 nitrogen and oxygen atoms in total. The molecular weight excluding hydrogens is 460 g/mol. The quantitative estimate of drug-likeness (QED) is 0.232. The monoisotopic (exact) mass is 490 g/mol. The molecule has 1 aliphatic rings. The second kappa shape index (κ2) is 11.9. The lowest BCUT2D eigenvalue weighted by molar-refractivity contribution is 0.121. The molecule has 1 saturated heterocycles. The fourth-order valence-corrected chi connectivity index (χ4v) is 4.96. The first-order valence-corrected chi connectivity index (χ1v) is 13.1. The van der Waals surface area contributed by atoms with E-state index < -0.39 is 0 Å². The Morgan fingerprint density at radius 3 is 2.40 bits per heavy atom. The van der Waals surface area contributed by atoms with Gasteiger partial charge in [-0.15, -0.1) is 20.4 Å². The number of hydrogen-bond acceptors (Lipinski definition) is 8. The van der Waals surface area contributed by atoms with Gasteiger partial charge in [0, 0.05) is 24.4 Å². The minimum absolute atomic E-state index is 0.676. The van der Waals surface area contributed by atoms with Gasteiger partial charge in [0.15, 0.2) is 5.16 Å². The van der Waals surface area contributed by atoms with Crippen LogP contribution in [-0.4, -0.2) is 67.0 Å². The lowest BCUT2D eigenvalue weighted by atomic mass is 10.2. The van der Waals surface area contributed by atoms with Gasteiger partial charge in [0.05, 0.1) is 26.3 Å². The Labute approximate surface area is 209 Å². The summed E-state index contributed by atoms with van der Waals surface area (Å²) in [6.45, 7) is 4.70. The van der Waals surface area contributed by atoms with E-state index in [-0.39, 0.29) is 0 Å². The molecule has 0 unspecified atom stereocenters. The summed E-state index contributed by atoms with van der Waals surface area (Å²) in [4.78, 5) is 3.97. The zero-order chi connectivity index (χ0) is 23.7. The maximum atomic E-state index is 5.53. The van der Waals surface area contributed by atoms with Crippen molar-refractivity contribution in [1.82, 2.24) is 35.0 Å². The van der Waals surface area contributed by atoms with E-state index in [1.807, 2.05) is 36.4 Å². The van der Waals surface area contributed by atoms with Crippen LogP contribution in [0.5, 0.6) is 0 Å². The van der Waals surface area contributed by atoms with E-state index in [1.54, 1.807) is 16.6 Å². The fraction of sp³-hybridized carbons (Fsp3) is 0.400. The lowest BCUT2D eigenvalue weighted by Gasteiger charge is -2.28. The molecule has 0 bridgehead atoms. The van der Waals surface area contributed by atoms with Crippen molar-refractivity contribution >= 4 is 17.7 Å². The summed E-state index contributed by atoms with van der Waals surface area (Å²) in [7, 11) is 0. The Hall–Kier alpha value is -3.24. The smallest absolute Gasteiger partial charge is 0.228 e. The van der Waals surface area contributed by atoms with Crippen LogP contribution in [0.25, 0.3) is 11.4 Å². The molecule has 182 valence electrons. The molecule has 0 amide bonds. The number of hydrogen-bond donors (Lipinski definition) is 0. The average molecular weight is 491 g/mol. The third-order valence-electron chi connectivity index (χ3n) is 5.89. The molecule has 10 heteroatoms. The standard InChI is InChI=1S/C25H30N8OS/c1-4-10-21(11-5-1)20-32-24(31-15-17-34-18-16-31)27-28-25(32)35-19-9-3-8-14-33-29-23(26-30-33)22-12-6-2-7-13-22/h1-2,4-7,10-13H,3,8-9,14-20H2. The Morgan fingerprint density at radius 1 is 0.829 bits per heavy atom. The molecule has 2 aromatic heterocycles. The van der Waals surface area contributed by atoms with Crippen LogP contribution in [0.1, 0.15) is 24.8 Å². The highest BCUT2D eigenvalue weighted by atomic mass is 32.2. The second-order valence-corrected chi connectivity index (χ2v) is 9.50. The summed E-state index contributed by atoms with van der Waals surface area (Å²) in [5.41, 5.74) is 2.24. The summed E-state index contributed by atoms with van der Waals surface area (Å²) < 4.78 is 7.77. The number of aromatic nitrogens is 7. The van der Waals surface area contributed by atoms with Crippen LogP contribution in [0.15, 0.2) is 65.8 Å². The van der Waals surface area contributed by atoms with Crippen molar-refractivity contribution in [3.8, 4) is 11.4 Å². The van der Waals surface area contributed by atoms with E-state index in [4.69, 9.17) is 4.74 Å². The first-order valence-electron chi connectivity index (χ1n) is 12.1. The Bertz CT molecular complexity index is 1170. The molecule has 0 N–H and O–H groups in total. The van der Waals surface area contributed by atoms with Crippen molar-refractivity contribution < 1.29 is 4.74 Å². The van der Waals surface area contributed by atoms with E-state index >= 15 is 0 Å². The lowest BCUT2D eigenvalue weighted by Crippen LogP contribution is -2.38. The van der Waals surface area contributed by atoms with E-state index in [0.717, 1.165) is 81.1 Å². The third-order valence-corrected chi connectivity index (χ3v) is 6.95. The molecule has 1 fully saturated rings. The number of anilines is 1. The van der Waals surface area contributed by atoms with Crippen molar-refractivity contribution in [2.45, 2.75) is 37.5 Å². The van der Waals surface area contributed by atoms with Gasteiger partial charge >= 0.3 is 0 Å². The van der Waals surface area contributed by atoms with E-state index in [2.05, 4.69) is 59.3 Å². The van der Waals surface area contributed by atoms with Crippen LogP contribution < -0.4 is 4.90 Å². The number of aryl methyl sites for hydroxylation is 1.